The van der Waals surface area contributed by atoms with Crippen molar-refractivity contribution in [1.82, 2.24) is 10.6 Å². The second-order valence-corrected chi connectivity index (χ2v) is 5.63. The van der Waals surface area contributed by atoms with Crippen molar-refractivity contribution in [2.75, 3.05) is 7.11 Å². The van der Waals surface area contributed by atoms with Crippen molar-refractivity contribution in [1.29, 1.82) is 0 Å². The fourth-order valence-corrected chi connectivity index (χ4v) is 2.42. The van der Waals surface area contributed by atoms with Gasteiger partial charge >= 0.3 is 6.03 Å². The van der Waals surface area contributed by atoms with E-state index in [0.29, 0.717) is 11.6 Å². The van der Waals surface area contributed by atoms with Crippen molar-refractivity contribution in [3.8, 4) is 5.75 Å². The van der Waals surface area contributed by atoms with Crippen LogP contribution in [0, 0.1) is 0 Å². The van der Waals surface area contributed by atoms with Crippen molar-refractivity contribution < 1.29 is 9.53 Å². The lowest BCUT2D eigenvalue weighted by atomic mass is 10.1. The van der Waals surface area contributed by atoms with Crippen LogP contribution in [0.15, 0.2) is 48.5 Å². The van der Waals surface area contributed by atoms with Gasteiger partial charge in [0.1, 0.15) is 5.75 Å². The van der Waals surface area contributed by atoms with E-state index in [1.165, 1.54) is 0 Å². The van der Waals surface area contributed by atoms with E-state index in [4.69, 9.17) is 16.3 Å². The van der Waals surface area contributed by atoms with Crippen LogP contribution in [0.1, 0.15) is 30.5 Å². The van der Waals surface area contributed by atoms with Crippen molar-refractivity contribution in [2.24, 2.45) is 0 Å². The van der Waals surface area contributed by atoms with E-state index in [2.05, 4.69) is 10.6 Å². The molecule has 0 saturated heterocycles. The maximum Gasteiger partial charge on any atom is 0.315 e. The number of urea groups is 1. The maximum absolute atomic E-state index is 12.1. The minimum Gasteiger partial charge on any atom is -0.497 e. The van der Waals surface area contributed by atoms with Crippen LogP contribution in [-0.4, -0.2) is 13.1 Å². The van der Waals surface area contributed by atoms with Crippen molar-refractivity contribution in [3.63, 3.8) is 0 Å². The molecule has 122 valence electrons. The zero-order valence-electron chi connectivity index (χ0n) is 13.3. The van der Waals surface area contributed by atoms with E-state index < -0.39 is 0 Å². The van der Waals surface area contributed by atoms with Gasteiger partial charge in [-0.25, -0.2) is 4.79 Å². The van der Waals surface area contributed by atoms with Gasteiger partial charge in [-0.05, 0) is 41.8 Å². The summed E-state index contributed by atoms with van der Waals surface area (Å²) >= 11 is 5.90. The number of nitrogens with one attached hydrogen (secondary N) is 2. The number of methoxy groups -OCH3 is 1. The predicted octanol–water partition coefficient (Wildman–Crippen LogP) is 4.30. The third-order valence-corrected chi connectivity index (χ3v) is 3.83. The Hall–Kier alpha value is -2.20. The van der Waals surface area contributed by atoms with Gasteiger partial charge in [-0.3, -0.25) is 0 Å². The van der Waals surface area contributed by atoms with Gasteiger partial charge in [-0.1, -0.05) is 42.8 Å². The number of halogens is 1. The Balaban J connectivity index is 1.90. The fraction of sp³-hybridized carbons (Fsp3) is 0.278. The highest BCUT2D eigenvalue weighted by atomic mass is 35.5. The second-order valence-electron chi connectivity index (χ2n) is 5.19. The largest absolute Gasteiger partial charge is 0.497 e. The van der Waals surface area contributed by atoms with E-state index in [1.54, 1.807) is 7.11 Å². The van der Waals surface area contributed by atoms with E-state index in [-0.39, 0.29) is 12.1 Å². The lowest BCUT2D eigenvalue weighted by Crippen LogP contribution is -2.37. The monoisotopic (exact) mass is 332 g/mol. The number of hydrogen-bond donors (Lipinski definition) is 2. The molecule has 23 heavy (non-hydrogen) atoms. The third kappa shape index (κ3) is 5.18. The molecule has 0 aliphatic rings. The Labute approximate surface area is 141 Å². The summed E-state index contributed by atoms with van der Waals surface area (Å²) in [5.41, 5.74) is 2.02. The molecule has 5 heteroatoms. The molecule has 0 heterocycles. The Kier molecular flexibility index (Phi) is 6.29. The number of carbonyl (C=O) groups excluding carboxylic acids is 1. The standard InChI is InChI=1S/C18H21ClN2O2/c1-3-17(14-7-9-15(19)10-8-14)21-18(22)20-12-13-5-4-6-16(11-13)23-2/h4-11,17H,3,12H2,1-2H3,(H2,20,21,22). The predicted molar refractivity (Wildman–Crippen MR) is 92.8 cm³/mol. The second kappa shape index (κ2) is 8.44. The quantitative estimate of drug-likeness (QED) is 0.828. The maximum atomic E-state index is 12.1. The van der Waals surface area contributed by atoms with Gasteiger partial charge < -0.3 is 15.4 Å². The molecule has 0 fully saturated rings. The van der Waals surface area contributed by atoms with Gasteiger partial charge in [0.25, 0.3) is 0 Å². The van der Waals surface area contributed by atoms with E-state index >= 15 is 0 Å². The van der Waals surface area contributed by atoms with Crippen LogP contribution in [0.4, 0.5) is 4.79 Å². The zero-order valence-corrected chi connectivity index (χ0v) is 14.1. The summed E-state index contributed by atoms with van der Waals surface area (Å²) in [7, 11) is 1.62. The van der Waals surface area contributed by atoms with Crippen LogP contribution in [0.5, 0.6) is 5.75 Å². The molecular formula is C18H21ClN2O2. The van der Waals surface area contributed by atoms with Crippen LogP contribution in [0.3, 0.4) is 0 Å². The molecule has 1 atom stereocenters. The van der Waals surface area contributed by atoms with E-state index in [0.717, 1.165) is 23.3 Å². The lowest BCUT2D eigenvalue weighted by molar-refractivity contribution is 0.236. The first-order chi connectivity index (χ1) is 11.1. The summed E-state index contributed by atoms with van der Waals surface area (Å²) < 4.78 is 5.17. The van der Waals surface area contributed by atoms with Gasteiger partial charge in [0.05, 0.1) is 13.2 Å². The molecule has 0 aliphatic carbocycles. The molecule has 2 N–H and O–H groups in total. The number of rotatable bonds is 6. The van der Waals surface area contributed by atoms with Gasteiger partial charge in [0.2, 0.25) is 0 Å². The van der Waals surface area contributed by atoms with Crippen LogP contribution in [0.25, 0.3) is 0 Å². The summed E-state index contributed by atoms with van der Waals surface area (Å²) in [6.45, 7) is 2.47. The van der Waals surface area contributed by atoms with Gasteiger partial charge in [0, 0.05) is 11.6 Å². The summed E-state index contributed by atoms with van der Waals surface area (Å²) in [6.07, 6.45) is 0.800. The normalized spacial score (nSPS) is 11.6. The van der Waals surface area contributed by atoms with E-state index in [9.17, 15) is 4.79 Å². The fourth-order valence-electron chi connectivity index (χ4n) is 2.29. The van der Waals surface area contributed by atoms with Crippen LogP contribution in [-0.2, 0) is 6.54 Å². The third-order valence-electron chi connectivity index (χ3n) is 3.57. The first-order valence-electron chi connectivity index (χ1n) is 7.55. The number of carbonyl (C=O) groups is 1. The molecule has 4 nitrogen and oxygen atoms in total. The van der Waals surface area contributed by atoms with Gasteiger partial charge in [-0.2, -0.15) is 0 Å². The van der Waals surface area contributed by atoms with Gasteiger partial charge in [-0.15, -0.1) is 0 Å². The molecular weight excluding hydrogens is 312 g/mol. The highest BCUT2D eigenvalue weighted by molar-refractivity contribution is 6.30. The number of hydrogen-bond acceptors (Lipinski definition) is 2. The smallest absolute Gasteiger partial charge is 0.315 e. The Morgan fingerprint density at radius 3 is 2.61 bits per heavy atom. The first-order valence-corrected chi connectivity index (χ1v) is 7.93. The molecule has 2 amide bonds. The summed E-state index contributed by atoms with van der Waals surface area (Å²) in [4.78, 5) is 12.1. The average Bonchev–Trinajstić information content (AvgIpc) is 2.59. The van der Waals surface area contributed by atoms with Crippen LogP contribution in [0.2, 0.25) is 5.02 Å². The number of benzene rings is 2. The molecule has 2 rings (SSSR count). The first kappa shape index (κ1) is 17.2. The molecule has 2 aromatic rings. The topological polar surface area (TPSA) is 50.4 Å². The highest BCUT2D eigenvalue weighted by Gasteiger charge is 2.12. The minimum atomic E-state index is -0.199. The molecule has 2 aromatic carbocycles. The Bertz CT molecular complexity index is 644. The Morgan fingerprint density at radius 1 is 1.22 bits per heavy atom. The van der Waals surface area contributed by atoms with Gasteiger partial charge in [0.15, 0.2) is 0 Å². The molecule has 0 saturated carbocycles. The summed E-state index contributed by atoms with van der Waals surface area (Å²) in [6, 6.07) is 14.9. The van der Waals surface area contributed by atoms with Crippen molar-refractivity contribution in [3.05, 3.63) is 64.7 Å². The minimum absolute atomic E-state index is 0.0439. The van der Waals surface area contributed by atoms with Crippen LogP contribution >= 0.6 is 11.6 Å². The highest BCUT2D eigenvalue weighted by Crippen LogP contribution is 2.19. The summed E-state index contributed by atoms with van der Waals surface area (Å²) in [5, 5.41) is 6.53. The molecule has 0 bridgehead atoms. The zero-order chi connectivity index (χ0) is 16.7. The SMILES string of the molecule is CCC(NC(=O)NCc1cccc(OC)c1)c1ccc(Cl)cc1. The van der Waals surface area contributed by atoms with Crippen molar-refractivity contribution in [2.45, 2.75) is 25.9 Å². The van der Waals surface area contributed by atoms with Crippen molar-refractivity contribution >= 4 is 17.6 Å². The lowest BCUT2D eigenvalue weighted by Gasteiger charge is -2.18. The molecule has 1 unspecified atom stereocenters. The van der Waals surface area contributed by atoms with Crippen LogP contribution < -0.4 is 15.4 Å². The molecule has 0 spiro atoms. The molecule has 0 aromatic heterocycles. The molecule has 0 radical (unpaired) electrons. The Morgan fingerprint density at radius 2 is 1.96 bits per heavy atom. The summed E-state index contributed by atoms with van der Waals surface area (Å²) in [5.74, 6) is 0.775. The van der Waals surface area contributed by atoms with E-state index in [1.807, 2.05) is 55.5 Å². The number of amides is 2. The number of ether oxygens (including phenoxy) is 1. The molecule has 0 aliphatic heterocycles. The average molecular weight is 333 g/mol.